The van der Waals surface area contributed by atoms with Gasteiger partial charge in [0.2, 0.25) is 6.04 Å². The summed E-state index contributed by atoms with van der Waals surface area (Å²) in [6, 6.07) is 12.8. The minimum Gasteiger partial charge on any atom is -0.324 e. The zero-order valence-corrected chi connectivity index (χ0v) is 13.5. The van der Waals surface area contributed by atoms with E-state index in [1.807, 2.05) is 13.0 Å². The van der Waals surface area contributed by atoms with Crippen LogP contribution in [0.4, 0.5) is 11.4 Å². The van der Waals surface area contributed by atoms with Gasteiger partial charge in [0.25, 0.3) is 5.91 Å². The average Bonchev–Trinajstić information content (AvgIpc) is 2.51. The second-order valence-electron chi connectivity index (χ2n) is 5.01. The predicted molar refractivity (Wildman–Crippen MR) is 90.2 cm³/mol. The summed E-state index contributed by atoms with van der Waals surface area (Å²) in [5.41, 5.74) is 1.97. The molecular formula is C17H16ClN3O2. The van der Waals surface area contributed by atoms with E-state index in [1.54, 1.807) is 42.5 Å². The highest BCUT2D eigenvalue weighted by atomic mass is 35.5. The van der Waals surface area contributed by atoms with Crippen molar-refractivity contribution in [1.29, 1.82) is 0 Å². The van der Waals surface area contributed by atoms with E-state index in [0.29, 0.717) is 16.4 Å². The van der Waals surface area contributed by atoms with Gasteiger partial charge in [-0.15, -0.1) is 0 Å². The van der Waals surface area contributed by atoms with E-state index >= 15 is 0 Å². The number of Topliss-reactive ketones (excluding diaryl/α,β-unsaturated/α-hetero) is 1. The summed E-state index contributed by atoms with van der Waals surface area (Å²) in [5, 5.41) is 11.1. The maximum absolute atomic E-state index is 12.2. The van der Waals surface area contributed by atoms with Crippen LogP contribution in [0.5, 0.6) is 0 Å². The molecule has 0 aliphatic carbocycles. The third kappa shape index (κ3) is 4.72. The Morgan fingerprint density at radius 2 is 1.83 bits per heavy atom. The first-order valence-electron chi connectivity index (χ1n) is 7.01. The summed E-state index contributed by atoms with van der Waals surface area (Å²) in [7, 11) is 0. The van der Waals surface area contributed by atoms with Gasteiger partial charge >= 0.3 is 0 Å². The van der Waals surface area contributed by atoms with E-state index in [2.05, 4.69) is 15.5 Å². The number of aryl methyl sites for hydroxylation is 1. The molecule has 2 rings (SSSR count). The fourth-order valence-electron chi connectivity index (χ4n) is 1.86. The smallest absolute Gasteiger partial charge is 0.258 e. The molecule has 1 atom stereocenters. The Balaban J connectivity index is 2.18. The SMILES string of the molecule is CC(=O)C(N=Nc1cc(Cl)ccc1C)C(=O)Nc1ccccc1. The Morgan fingerprint density at radius 1 is 1.13 bits per heavy atom. The first kappa shape index (κ1) is 16.8. The molecule has 118 valence electrons. The fourth-order valence-corrected chi connectivity index (χ4v) is 2.03. The number of ketones is 1. The molecule has 0 radical (unpaired) electrons. The van der Waals surface area contributed by atoms with Gasteiger partial charge in [-0.3, -0.25) is 9.59 Å². The number of hydrogen-bond donors (Lipinski definition) is 1. The van der Waals surface area contributed by atoms with E-state index in [-0.39, 0.29) is 5.78 Å². The summed E-state index contributed by atoms with van der Waals surface area (Å²) < 4.78 is 0. The summed E-state index contributed by atoms with van der Waals surface area (Å²) in [4.78, 5) is 23.9. The highest BCUT2D eigenvalue weighted by Crippen LogP contribution is 2.23. The molecule has 0 fully saturated rings. The second kappa shape index (κ2) is 7.65. The van der Waals surface area contributed by atoms with Crippen molar-refractivity contribution in [2.75, 3.05) is 5.32 Å². The van der Waals surface area contributed by atoms with E-state index in [0.717, 1.165) is 5.56 Å². The number of carbonyl (C=O) groups is 2. The molecule has 1 unspecified atom stereocenters. The third-order valence-electron chi connectivity index (χ3n) is 3.13. The topological polar surface area (TPSA) is 70.9 Å². The van der Waals surface area contributed by atoms with Crippen LogP contribution in [-0.2, 0) is 9.59 Å². The van der Waals surface area contributed by atoms with Crippen LogP contribution < -0.4 is 5.32 Å². The first-order chi connectivity index (χ1) is 11.0. The number of nitrogens with zero attached hydrogens (tertiary/aromatic N) is 2. The van der Waals surface area contributed by atoms with Crippen LogP contribution in [0, 0.1) is 6.92 Å². The first-order valence-corrected chi connectivity index (χ1v) is 7.38. The summed E-state index contributed by atoms with van der Waals surface area (Å²) in [5.74, 6) is -0.908. The molecule has 0 saturated carbocycles. The number of halogens is 1. The molecule has 0 saturated heterocycles. The monoisotopic (exact) mass is 329 g/mol. The van der Waals surface area contributed by atoms with Gasteiger partial charge in [0.15, 0.2) is 5.78 Å². The van der Waals surface area contributed by atoms with Gasteiger partial charge in [0, 0.05) is 10.7 Å². The van der Waals surface area contributed by atoms with E-state index < -0.39 is 11.9 Å². The molecule has 1 N–H and O–H groups in total. The van der Waals surface area contributed by atoms with Crippen LogP contribution in [0.15, 0.2) is 58.8 Å². The molecular weight excluding hydrogens is 314 g/mol. The molecule has 5 nitrogen and oxygen atoms in total. The number of benzene rings is 2. The highest BCUT2D eigenvalue weighted by molar-refractivity contribution is 6.30. The van der Waals surface area contributed by atoms with Gasteiger partial charge in [-0.05, 0) is 43.7 Å². The maximum Gasteiger partial charge on any atom is 0.258 e. The Hall–Kier alpha value is -2.53. The Labute approximate surface area is 139 Å². The molecule has 6 heteroatoms. The molecule has 0 aliphatic heterocycles. The van der Waals surface area contributed by atoms with Crippen molar-refractivity contribution in [2.45, 2.75) is 19.9 Å². The van der Waals surface area contributed by atoms with E-state index in [9.17, 15) is 9.59 Å². The number of rotatable bonds is 5. The van der Waals surface area contributed by atoms with Crippen LogP contribution in [0.25, 0.3) is 0 Å². The van der Waals surface area contributed by atoms with E-state index in [1.165, 1.54) is 6.92 Å². The maximum atomic E-state index is 12.2. The van der Waals surface area contributed by atoms with Crippen LogP contribution in [-0.4, -0.2) is 17.7 Å². The molecule has 0 aromatic heterocycles. The predicted octanol–water partition coefficient (Wildman–Crippen LogP) is 4.33. The van der Waals surface area contributed by atoms with Gasteiger partial charge in [0.1, 0.15) is 0 Å². The molecule has 1 amide bonds. The summed E-state index contributed by atoms with van der Waals surface area (Å²) in [6.07, 6.45) is 0. The number of nitrogens with one attached hydrogen (secondary N) is 1. The second-order valence-corrected chi connectivity index (χ2v) is 5.45. The van der Waals surface area contributed by atoms with Crippen LogP contribution in [0.2, 0.25) is 5.02 Å². The highest BCUT2D eigenvalue weighted by Gasteiger charge is 2.23. The Kier molecular flexibility index (Phi) is 5.60. The van der Waals surface area contributed by atoms with Crippen molar-refractivity contribution in [3.05, 3.63) is 59.1 Å². The lowest BCUT2D eigenvalue weighted by Crippen LogP contribution is -2.31. The van der Waals surface area contributed by atoms with Gasteiger partial charge in [-0.25, -0.2) is 0 Å². The summed E-state index contributed by atoms with van der Waals surface area (Å²) >= 11 is 5.92. The third-order valence-corrected chi connectivity index (χ3v) is 3.36. The molecule has 0 bridgehead atoms. The zero-order valence-electron chi connectivity index (χ0n) is 12.8. The standard InChI is InChI=1S/C17H16ClN3O2/c1-11-8-9-13(18)10-15(11)20-21-16(12(2)22)17(23)19-14-6-4-3-5-7-14/h3-10,16H,1-2H3,(H,19,23). The minimum absolute atomic E-state index is 0.387. The van der Waals surface area contributed by atoms with Crippen molar-refractivity contribution >= 4 is 34.7 Å². The van der Waals surface area contributed by atoms with Crippen molar-refractivity contribution in [1.82, 2.24) is 0 Å². The number of para-hydroxylation sites is 1. The zero-order chi connectivity index (χ0) is 16.8. The van der Waals surface area contributed by atoms with Gasteiger partial charge in [0.05, 0.1) is 5.69 Å². The quantitative estimate of drug-likeness (QED) is 0.655. The van der Waals surface area contributed by atoms with Crippen LogP contribution in [0.3, 0.4) is 0 Å². The molecule has 2 aromatic rings. The lowest BCUT2D eigenvalue weighted by Gasteiger charge is -2.09. The number of anilines is 1. The van der Waals surface area contributed by atoms with Crippen LogP contribution >= 0.6 is 11.6 Å². The lowest BCUT2D eigenvalue weighted by atomic mass is 10.2. The molecule has 2 aromatic carbocycles. The van der Waals surface area contributed by atoms with Crippen molar-refractivity contribution in [3.8, 4) is 0 Å². The Morgan fingerprint density at radius 3 is 2.48 bits per heavy atom. The molecule has 0 spiro atoms. The minimum atomic E-state index is -1.20. The van der Waals surface area contributed by atoms with E-state index in [4.69, 9.17) is 11.6 Å². The Bertz CT molecular complexity index is 745. The molecule has 23 heavy (non-hydrogen) atoms. The number of amides is 1. The average molecular weight is 330 g/mol. The van der Waals surface area contributed by atoms with Crippen molar-refractivity contribution in [2.24, 2.45) is 10.2 Å². The lowest BCUT2D eigenvalue weighted by molar-refractivity contribution is -0.126. The van der Waals surface area contributed by atoms with Gasteiger partial charge < -0.3 is 5.32 Å². The van der Waals surface area contributed by atoms with Gasteiger partial charge in [-0.1, -0.05) is 35.9 Å². The van der Waals surface area contributed by atoms with Crippen molar-refractivity contribution in [3.63, 3.8) is 0 Å². The normalized spacial score (nSPS) is 12.1. The molecule has 0 heterocycles. The number of hydrogen-bond acceptors (Lipinski definition) is 4. The number of azo groups is 1. The summed E-state index contributed by atoms with van der Waals surface area (Å²) in [6.45, 7) is 3.15. The molecule has 0 aliphatic rings. The van der Waals surface area contributed by atoms with Crippen LogP contribution in [0.1, 0.15) is 12.5 Å². The van der Waals surface area contributed by atoms with Gasteiger partial charge in [-0.2, -0.15) is 10.2 Å². The van der Waals surface area contributed by atoms with Crippen molar-refractivity contribution < 1.29 is 9.59 Å². The number of carbonyl (C=O) groups excluding carboxylic acids is 2. The fraction of sp³-hybridized carbons (Fsp3) is 0.176. The largest absolute Gasteiger partial charge is 0.324 e.